The lowest BCUT2D eigenvalue weighted by Crippen LogP contribution is -2.32. The van der Waals surface area contributed by atoms with E-state index < -0.39 is 0 Å². The van der Waals surface area contributed by atoms with Crippen LogP contribution in [0.5, 0.6) is 0 Å². The van der Waals surface area contributed by atoms with Gasteiger partial charge in [-0.15, -0.1) is 6.58 Å². The fraction of sp³-hybridized carbons (Fsp3) is 0.500. The predicted molar refractivity (Wildman–Crippen MR) is 86.8 cm³/mol. The molecule has 4 heteroatoms. The van der Waals surface area contributed by atoms with E-state index in [1.54, 1.807) is 29.2 Å². The number of piperidine rings is 1. The van der Waals surface area contributed by atoms with Gasteiger partial charge >= 0.3 is 0 Å². The summed E-state index contributed by atoms with van der Waals surface area (Å²) >= 11 is 0. The first-order valence-electron chi connectivity index (χ1n) is 8.03. The summed E-state index contributed by atoms with van der Waals surface area (Å²) in [5, 5.41) is 3.33. The number of carbonyl (C=O) groups excluding carboxylic acids is 1. The summed E-state index contributed by atoms with van der Waals surface area (Å²) in [5.41, 5.74) is 0.555. The zero-order chi connectivity index (χ0) is 15.8. The normalized spacial score (nSPS) is 15.5. The fourth-order valence-corrected chi connectivity index (χ4v) is 2.90. The van der Waals surface area contributed by atoms with Crippen LogP contribution < -0.4 is 5.32 Å². The molecule has 0 spiro atoms. The third-order valence-corrected chi connectivity index (χ3v) is 4.25. The second-order valence-corrected chi connectivity index (χ2v) is 5.89. The molecule has 0 radical (unpaired) electrons. The molecule has 1 amide bonds. The largest absolute Gasteiger partial charge is 0.335 e. The fourth-order valence-electron chi connectivity index (χ4n) is 2.90. The Morgan fingerprint density at radius 1 is 1.36 bits per heavy atom. The van der Waals surface area contributed by atoms with Gasteiger partial charge in [-0.25, -0.2) is 4.39 Å². The standard InChI is InChI=1S/C18H25FN2O/c1-2-13-21(14-16-5-3-4-6-17(16)19)18(22)8-7-15-9-11-20-12-10-15/h2-6,15,20H,1,7-14H2. The maximum absolute atomic E-state index is 13.8. The Kier molecular flexibility index (Phi) is 6.59. The zero-order valence-corrected chi connectivity index (χ0v) is 13.1. The molecule has 0 aliphatic carbocycles. The first-order valence-corrected chi connectivity index (χ1v) is 8.03. The summed E-state index contributed by atoms with van der Waals surface area (Å²) in [4.78, 5) is 14.1. The maximum Gasteiger partial charge on any atom is 0.223 e. The Bertz CT molecular complexity index is 498. The van der Waals surface area contributed by atoms with E-state index in [2.05, 4.69) is 11.9 Å². The molecule has 1 fully saturated rings. The van der Waals surface area contributed by atoms with Crippen molar-refractivity contribution in [1.82, 2.24) is 10.2 Å². The van der Waals surface area contributed by atoms with Gasteiger partial charge in [0.1, 0.15) is 5.82 Å². The number of amides is 1. The van der Waals surface area contributed by atoms with Crippen molar-refractivity contribution in [3.8, 4) is 0 Å². The van der Waals surface area contributed by atoms with Gasteiger partial charge in [0, 0.05) is 25.1 Å². The van der Waals surface area contributed by atoms with Gasteiger partial charge in [0.15, 0.2) is 0 Å². The Labute approximate surface area is 132 Å². The number of rotatable bonds is 7. The third-order valence-electron chi connectivity index (χ3n) is 4.25. The first-order chi connectivity index (χ1) is 10.7. The third kappa shape index (κ3) is 4.95. The second-order valence-electron chi connectivity index (χ2n) is 5.89. The summed E-state index contributed by atoms with van der Waals surface area (Å²) in [6.07, 6.45) is 5.44. The van der Waals surface area contributed by atoms with Crippen molar-refractivity contribution in [2.75, 3.05) is 19.6 Å². The highest BCUT2D eigenvalue weighted by atomic mass is 19.1. The summed E-state index contributed by atoms with van der Waals surface area (Å²) < 4.78 is 13.8. The quantitative estimate of drug-likeness (QED) is 0.785. The van der Waals surface area contributed by atoms with Crippen LogP contribution in [0.4, 0.5) is 4.39 Å². The molecule has 1 N–H and O–H groups in total. The number of carbonyl (C=O) groups is 1. The molecule has 2 rings (SSSR count). The van der Waals surface area contributed by atoms with Crippen LogP contribution in [0.25, 0.3) is 0 Å². The molecule has 1 aliphatic rings. The van der Waals surface area contributed by atoms with Gasteiger partial charge < -0.3 is 10.2 Å². The van der Waals surface area contributed by atoms with Crippen LogP contribution in [0.3, 0.4) is 0 Å². The topological polar surface area (TPSA) is 32.3 Å². The van der Waals surface area contributed by atoms with E-state index in [0.717, 1.165) is 32.4 Å². The Balaban J connectivity index is 1.90. The molecule has 1 aromatic rings. The van der Waals surface area contributed by atoms with E-state index in [-0.39, 0.29) is 11.7 Å². The first kappa shape index (κ1) is 16.7. The number of benzene rings is 1. The minimum Gasteiger partial charge on any atom is -0.335 e. The van der Waals surface area contributed by atoms with Crippen molar-refractivity contribution in [1.29, 1.82) is 0 Å². The highest BCUT2D eigenvalue weighted by Gasteiger charge is 2.18. The van der Waals surface area contributed by atoms with E-state index in [9.17, 15) is 9.18 Å². The van der Waals surface area contributed by atoms with Crippen molar-refractivity contribution in [2.24, 2.45) is 5.92 Å². The van der Waals surface area contributed by atoms with E-state index in [0.29, 0.717) is 31.0 Å². The van der Waals surface area contributed by atoms with E-state index >= 15 is 0 Å². The summed E-state index contributed by atoms with van der Waals surface area (Å²) in [7, 11) is 0. The van der Waals surface area contributed by atoms with Crippen molar-refractivity contribution >= 4 is 5.91 Å². The van der Waals surface area contributed by atoms with Crippen LogP contribution in [0.2, 0.25) is 0 Å². The van der Waals surface area contributed by atoms with Crippen LogP contribution in [-0.2, 0) is 11.3 Å². The van der Waals surface area contributed by atoms with E-state index in [1.807, 2.05) is 0 Å². The highest BCUT2D eigenvalue weighted by molar-refractivity contribution is 5.76. The number of nitrogens with zero attached hydrogens (tertiary/aromatic N) is 1. The Morgan fingerprint density at radius 2 is 2.09 bits per heavy atom. The number of halogens is 1. The molecule has 0 bridgehead atoms. The SMILES string of the molecule is C=CCN(Cc1ccccc1F)C(=O)CCC1CCNCC1. The Hall–Kier alpha value is -1.68. The molecule has 1 heterocycles. The van der Waals surface area contributed by atoms with Gasteiger partial charge in [-0.3, -0.25) is 4.79 Å². The molecule has 0 saturated carbocycles. The number of nitrogens with one attached hydrogen (secondary N) is 1. The van der Waals surface area contributed by atoms with Gasteiger partial charge in [0.05, 0.1) is 0 Å². The van der Waals surface area contributed by atoms with Gasteiger partial charge in [0.2, 0.25) is 5.91 Å². The van der Waals surface area contributed by atoms with Crippen LogP contribution in [0.15, 0.2) is 36.9 Å². The van der Waals surface area contributed by atoms with Crippen molar-refractivity contribution in [2.45, 2.75) is 32.2 Å². The Morgan fingerprint density at radius 3 is 2.77 bits per heavy atom. The van der Waals surface area contributed by atoms with Gasteiger partial charge in [-0.1, -0.05) is 24.3 Å². The average Bonchev–Trinajstić information content (AvgIpc) is 2.55. The number of hydrogen-bond donors (Lipinski definition) is 1. The lowest BCUT2D eigenvalue weighted by molar-refractivity contribution is -0.131. The molecule has 1 saturated heterocycles. The van der Waals surface area contributed by atoms with Crippen LogP contribution in [0.1, 0.15) is 31.2 Å². The summed E-state index contributed by atoms with van der Waals surface area (Å²) in [6.45, 7) is 6.56. The molecule has 0 aromatic heterocycles. The molecule has 0 atom stereocenters. The zero-order valence-electron chi connectivity index (χ0n) is 13.1. The number of hydrogen-bond acceptors (Lipinski definition) is 2. The van der Waals surface area contributed by atoms with E-state index in [4.69, 9.17) is 0 Å². The molecule has 22 heavy (non-hydrogen) atoms. The molecule has 0 unspecified atom stereocenters. The van der Waals surface area contributed by atoms with Crippen molar-refractivity contribution in [3.63, 3.8) is 0 Å². The van der Waals surface area contributed by atoms with Crippen LogP contribution in [0, 0.1) is 11.7 Å². The minimum absolute atomic E-state index is 0.0849. The smallest absolute Gasteiger partial charge is 0.223 e. The molecule has 1 aliphatic heterocycles. The molecular weight excluding hydrogens is 279 g/mol. The highest BCUT2D eigenvalue weighted by Crippen LogP contribution is 2.19. The lowest BCUT2D eigenvalue weighted by Gasteiger charge is -2.25. The van der Waals surface area contributed by atoms with Gasteiger partial charge in [0.25, 0.3) is 0 Å². The molecule has 3 nitrogen and oxygen atoms in total. The van der Waals surface area contributed by atoms with E-state index in [1.165, 1.54) is 6.07 Å². The molecular formula is C18H25FN2O. The second kappa shape index (κ2) is 8.69. The molecule has 120 valence electrons. The maximum atomic E-state index is 13.8. The minimum atomic E-state index is -0.261. The van der Waals surface area contributed by atoms with Crippen molar-refractivity contribution in [3.05, 3.63) is 48.3 Å². The van der Waals surface area contributed by atoms with Crippen LogP contribution in [-0.4, -0.2) is 30.4 Å². The van der Waals surface area contributed by atoms with Gasteiger partial charge in [-0.05, 0) is 44.3 Å². The monoisotopic (exact) mass is 304 g/mol. The van der Waals surface area contributed by atoms with Crippen molar-refractivity contribution < 1.29 is 9.18 Å². The molecule has 1 aromatic carbocycles. The summed E-state index contributed by atoms with van der Waals surface area (Å²) in [6, 6.07) is 6.62. The van der Waals surface area contributed by atoms with Crippen LogP contribution >= 0.6 is 0 Å². The summed E-state index contributed by atoms with van der Waals surface area (Å²) in [5.74, 6) is 0.452. The lowest BCUT2D eigenvalue weighted by atomic mass is 9.93. The predicted octanol–water partition coefficient (Wildman–Crippen LogP) is 3.12. The van der Waals surface area contributed by atoms with Gasteiger partial charge in [-0.2, -0.15) is 0 Å². The average molecular weight is 304 g/mol.